The molecular weight excluding hydrogens is 445 g/mol. The SMILES string of the molecule is CCc1ccc2c(c1)c(=O)c(C(=O)Nc1ccc(Oc3ccnc(Cl)c3)c(F)c1)c(C)n2C. The van der Waals surface area contributed by atoms with Gasteiger partial charge in [-0.1, -0.05) is 24.6 Å². The lowest BCUT2D eigenvalue weighted by Gasteiger charge is -2.15. The molecule has 6 nitrogen and oxygen atoms in total. The maximum Gasteiger partial charge on any atom is 0.261 e. The average molecular weight is 466 g/mol. The summed E-state index contributed by atoms with van der Waals surface area (Å²) >= 11 is 5.82. The third kappa shape index (κ3) is 4.45. The Bertz CT molecular complexity index is 1450. The van der Waals surface area contributed by atoms with Crippen molar-refractivity contribution in [2.75, 3.05) is 5.32 Å². The molecule has 0 unspecified atom stereocenters. The number of fused-ring (bicyclic) bond motifs is 1. The second-order valence-electron chi connectivity index (χ2n) is 7.57. The third-order valence-electron chi connectivity index (χ3n) is 5.51. The molecule has 0 atom stereocenters. The van der Waals surface area contributed by atoms with E-state index in [0.29, 0.717) is 16.8 Å². The first-order valence-electron chi connectivity index (χ1n) is 10.3. The second-order valence-corrected chi connectivity index (χ2v) is 7.96. The van der Waals surface area contributed by atoms with Crippen LogP contribution < -0.4 is 15.5 Å². The fraction of sp³-hybridized carbons (Fsp3) is 0.160. The molecule has 1 N–H and O–H groups in total. The molecule has 4 rings (SSSR count). The highest BCUT2D eigenvalue weighted by atomic mass is 35.5. The van der Waals surface area contributed by atoms with Crippen molar-refractivity contribution in [1.82, 2.24) is 9.55 Å². The summed E-state index contributed by atoms with van der Waals surface area (Å²) in [6.07, 6.45) is 2.22. The van der Waals surface area contributed by atoms with E-state index in [4.69, 9.17) is 16.3 Å². The number of anilines is 1. The maximum atomic E-state index is 14.6. The molecule has 2 aromatic carbocycles. The topological polar surface area (TPSA) is 73.2 Å². The molecule has 4 aromatic rings. The van der Waals surface area contributed by atoms with E-state index in [1.165, 1.54) is 24.4 Å². The molecule has 0 saturated heterocycles. The van der Waals surface area contributed by atoms with E-state index in [9.17, 15) is 14.0 Å². The van der Waals surface area contributed by atoms with E-state index in [1.807, 2.05) is 29.7 Å². The van der Waals surface area contributed by atoms with Gasteiger partial charge in [0.2, 0.25) is 5.43 Å². The van der Waals surface area contributed by atoms with Crippen LogP contribution in [-0.2, 0) is 13.5 Å². The Morgan fingerprint density at radius 2 is 1.97 bits per heavy atom. The number of hydrogen-bond donors (Lipinski definition) is 1. The van der Waals surface area contributed by atoms with Gasteiger partial charge in [-0.3, -0.25) is 9.59 Å². The maximum absolute atomic E-state index is 14.6. The lowest BCUT2D eigenvalue weighted by Crippen LogP contribution is -2.26. The first kappa shape index (κ1) is 22.5. The zero-order valence-electron chi connectivity index (χ0n) is 18.3. The number of carbonyl (C=O) groups is 1. The predicted octanol–water partition coefficient (Wildman–Crippen LogP) is 5.64. The highest BCUT2D eigenvalue weighted by Crippen LogP contribution is 2.28. The summed E-state index contributed by atoms with van der Waals surface area (Å²) in [5, 5.41) is 3.31. The van der Waals surface area contributed by atoms with E-state index in [-0.39, 0.29) is 27.6 Å². The molecule has 2 aromatic heterocycles. The third-order valence-corrected chi connectivity index (χ3v) is 5.72. The molecule has 0 aliphatic heterocycles. The molecular formula is C25H21ClFN3O3. The lowest BCUT2D eigenvalue weighted by molar-refractivity contribution is 0.102. The van der Waals surface area contributed by atoms with Gasteiger partial charge in [0.05, 0.1) is 5.52 Å². The minimum Gasteiger partial charge on any atom is -0.454 e. The fourth-order valence-electron chi connectivity index (χ4n) is 3.62. The Hall–Kier alpha value is -3.71. The molecule has 0 spiro atoms. The van der Waals surface area contributed by atoms with Crippen molar-refractivity contribution < 1.29 is 13.9 Å². The number of pyridine rings is 2. The Labute approximate surface area is 194 Å². The van der Waals surface area contributed by atoms with Crippen LogP contribution >= 0.6 is 11.6 Å². The Kier molecular flexibility index (Phi) is 6.16. The molecule has 2 heterocycles. The first-order valence-corrected chi connectivity index (χ1v) is 10.7. The van der Waals surface area contributed by atoms with E-state index < -0.39 is 11.7 Å². The Morgan fingerprint density at radius 3 is 2.67 bits per heavy atom. The number of amides is 1. The van der Waals surface area contributed by atoms with Crippen LogP contribution in [0.1, 0.15) is 28.5 Å². The number of nitrogens with one attached hydrogen (secondary N) is 1. The number of rotatable bonds is 5. The normalized spacial score (nSPS) is 10.9. The quantitative estimate of drug-likeness (QED) is 0.387. The van der Waals surface area contributed by atoms with Gasteiger partial charge in [0.1, 0.15) is 16.5 Å². The van der Waals surface area contributed by atoms with Gasteiger partial charge in [0.25, 0.3) is 5.91 Å². The summed E-state index contributed by atoms with van der Waals surface area (Å²) in [7, 11) is 1.80. The molecule has 168 valence electrons. The van der Waals surface area contributed by atoms with Crippen LogP contribution in [0.2, 0.25) is 5.15 Å². The smallest absolute Gasteiger partial charge is 0.261 e. The molecule has 0 fully saturated rings. The van der Waals surface area contributed by atoms with E-state index in [1.54, 1.807) is 20.0 Å². The van der Waals surface area contributed by atoms with Gasteiger partial charge in [-0.05, 0) is 49.2 Å². The number of nitrogens with zero attached hydrogens (tertiary/aromatic N) is 2. The first-order chi connectivity index (χ1) is 15.8. The summed E-state index contributed by atoms with van der Waals surface area (Å²) < 4.78 is 21.9. The number of ether oxygens (including phenoxy) is 1. The highest BCUT2D eigenvalue weighted by Gasteiger charge is 2.20. The van der Waals surface area contributed by atoms with Crippen molar-refractivity contribution in [3.63, 3.8) is 0 Å². The standard InChI is InChI=1S/C25H21ClFN3O3/c1-4-15-5-7-20-18(11-15)24(31)23(14(2)30(20)3)25(32)29-16-6-8-21(19(27)12-16)33-17-9-10-28-22(26)13-17/h5-13H,4H2,1-3H3,(H,29,32). The molecule has 33 heavy (non-hydrogen) atoms. The Balaban J connectivity index is 1.64. The number of carbonyl (C=O) groups excluding carboxylic acids is 1. The van der Waals surface area contributed by atoms with Gasteiger partial charge in [-0.15, -0.1) is 0 Å². The lowest BCUT2D eigenvalue weighted by atomic mass is 10.0. The van der Waals surface area contributed by atoms with Gasteiger partial charge in [0.15, 0.2) is 11.6 Å². The van der Waals surface area contributed by atoms with Gasteiger partial charge >= 0.3 is 0 Å². The molecule has 8 heteroatoms. The highest BCUT2D eigenvalue weighted by molar-refractivity contribution is 6.29. The number of benzene rings is 2. The number of hydrogen-bond acceptors (Lipinski definition) is 4. The van der Waals surface area contributed by atoms with Gasteiger partial charge in [0, 0.05) is 42.1 Å². The van der Waals surface area contributed by atoms with Crippen LogP contribution in [0.25, 0.3) is 10.9 Å². The molecule has 0 aliphatic carbocycles. The largest absolute Gasteiger partial charge is 0.454 e. The van der Waals surface area contributed by atoms with E-state index in [2.05, 4.69) is 10.3 Å². The van der Waals surface area contributed by atoms with Crippen molar-refractivity contribution in [3.05, 3.63) is 92.7 Å². The van der Waals surface area contributed by atoms with Crippen LogP contribution in [0.3, 0.4) is 0 Å². The van der Waals surface area contributed by atoms with Crippen LogP contribution in [0, 0.1) is 12.7 Å². The molecule has 0 bridgehead atoms. The zero-order chi connectivity index (χ0) is 23.7. The van der Waals surface area contributed by atoms with Gasteiger partial charge < -0.3 is 14.6 Å². The van der Waals surface area contributed by atoms with E-state index >= 15 is 0 Å². The monoisotopic (exact) mass is 465 g/mol. The fourth-order valence-corrected chi connectivity index (χ4v) is 3.79. The summed E-state index contributed by atoms with van der Waals surface area (Å²) in [5.74, 6) is -1.00. The van der Waals surface area contributed by atoms with Gasteiger partial charge in [-0.2, -0.15) is 0 Å². The predicted molar refractivity (Wildman–Crippen MR) is 127 cm³/mol. The number of aromatic nitrogens is 2. The average Bonchev–Trinajstić information content (AvgIpc) is 2.79. The van der Waals surface area contributed by atoms with Crippen molar-refractivity contribution in [2.24, 2.45) is 7.05 Å². The zero-order valence-corrected chi connectivity index (χ0v) is 19.0. The van der Waals surface area contributed by atoms with Crippen molar-refractivity contribution in [1.29, 1.82) is 0 Å². The van der Waals surface area contributed by atoms with Crippen LogP contribution in [0.4, 0.5) is 10.1 Å². The summed E-state index contributed by atoms with van der Waals surface area (Å²) in [6, 6.07) is 12.7. The van der Waals surface area contributed by atoms with Crippen LogP contribution in [-0.4, -0.2) is 15.5 Å². The molecule has 0 saturated carbocycles. The minimum atomic E-state index is -0.684. The van der Waals surface area contributed by atoms with E-state index in [0.717, 1.165) is 23.6 Å². The summed E-state index contributed by atoms with van der Waals surface area (Å²) in [5.41, 5.74) is 2.12. The second kappa shape index (κ2) is 9.03. The number of aryl methyl sites for hydroxylation is 2. The van der Waals surface area contributed by atoms with Crippen molar-refractivity contribution in [2.45, 2.75) is 20.3 Å². The molecule has 1 amide bonds. The van der Waals surface area contributed by atoms with Gasteiger partial charge in [-0.25, -0.2) is 9.37 Å². The van der Waals surface area contributed by atoms with Crippen LogP contribution in [0.5, 0.6) is 11.5 Å². The van der Waals surface area contributed by atoms with Crippen molar-refractivity contribution >= 4 is 34.1 Å². The molecule has 0 aliphatic rings. The molecule has 0 radical (unpaired) electrons. The minimum absolute atomic E-state index is 0.0189. The Morgan fingerprint density at radius 1 is 1.18 bits per heavy atom. The number of halogens is 2. The van der Waals surface area contributed by atoms with Crippen molar-refractivity contribution in [3.8, 4) is 11.5 Å². The van der Waals surface area contributed by atoms with Crippen LogP contribution in [0.15, 0.2) is 59.5 Å². The summed E-state index contributed by atoms with van der Waals surface area (Å²) in [6.45, 7) is 3.71. The summed E-state index contributed by atoms with van der Waals surface area (Å²) in [4.78, 5) is 30.0.